The van der Waals surface area contributed by atoms with Crippen molar-refractivity contribution < 1.29 is 19.1 Å². The minimum absolute atomic E-state index is 0.227. The van der Waals surface area contributed by atoms with E-state index in [-0.39, 0.29) is 29.3 Å². The van der Waals surface area contributed by atoms with Crippen LogP contribution in [0, 0.1) is 0 Å². The van der Waals surface area contributed by atoms with Crippen LogP contribution in [-0.4, -0.2) is 54.8 Å². The lowest BCUT2D eigenvalue weighted by Gasteiger charge is -2.18. The van der Waals surface area contributed by atoms with Crippen molar-refractivity contribution >= 4 is 28.3 Å². The highest BCUT2D eigenvalue weighted by molar-refractivity contribution is 6.04. The standard InChI is InChI=1S/C21H22N4O5/c1-24(2)20(27)15-9-17(29-3)18(30-4)10-16(15)23-19(26)12-25-21(28)14-8-6-5-7-13(14)11-22-25/h5-11H,12H2,1-4H3,(H,23,26). The van der Waals surface area contributed by atoms with Gasteiger partial charge >= 0.3 is 0 Å². The molecule has 1 heterocycles. The molecule has 9 heteroatoms. The van der Waals surface area contributed by atoms with Crippen LogP contribution < -0.4 is 20.3 Å². The molecule has 1 N–H and O–H groups in total. The summed E-state index contributed by atoms with van der Waals surface area (Å²) in [4.78, 5) is 39.2. The van der Waals surface area contributed by atoms with Crippen molar-refractivity contribution in [3.8, 4) is 11.5 Å². The van der Waals surface area contributed by atoms with Crippen LogP contribution in [0.4, 0.5) is 5.69 Å². The lowest BCUT2D eigenvalue weighted by Crippen LogP contribution is -2.30. The van der Waals surface area contributed by atoms with Crippen LogP contribution in [0.5, 0.6) is 11.5 Å². The van der Waals surface area contributed by atoms with Gasteiger partial charge in [0.15, 0.2) is 11.5 Å². The van der Waals surface area contributed by atoms with Gasteiger partial charge in [-0.1, -0.05) is 18.2 Å². The Morgan fingerprint density at radius 3 is 2.43 bits per heavy atom. The molecule has 156 valence electrons. The summed E-state index contributed by atoms with van der Waals surface area (Å²) >= 11 is 0. The Hall–Kier alpha value is -3.88. The first-order valence-corrected chi connectivity index (χ1v) is 9.08. The highest BCUT2D eigenvalue weighted by Crippen LogP contribution is 2.33. The van der Waals surface area contributed by atoms with E-state index in [0.29, 0.717) is 22.3 Å². The number of hydrogen-bond acceptors (Lipinski definition) is 6. The highest BCUT2D eigenvalue weighted by atomic mass is 16.5. The van der Waals surface area contributed by atoms with Gasteiger partial charge in [0, 0.05) is 25.5 Å². The van der Waals surface area contributed by atoms with Crippen molar-refractivity contribution in [2.75, 3.05) is 33.6 Å². The van der Waals surface area contributed by atoms with Crippen LogP contribution in [0.15, 0.2) is 47.4 Å². The van der Waals surface area contributed by atoms with Gasteiger partial charge in [-0.25, -0.2) is 4.68 Å². The van der Waals surface area contributed by atoms with Gasteiger partial charge in [0.05, 0.1) is 37.1 Å². The van der Waals surface area contributed by atoms with E-state index < -0.39 is 5.91 Å². The lowest BCUT2D eigenvalue weighted by molar-refractivity contribution is -0.117. The number of amides is 2. The first-order valence-electron chi connectivity index (χ1n) is 9.08. The number of nitrogens with one attached hydrogen (secondary N) is 1. The maximum absolute atomic E-state index is 12.7. The first kappa shape index (κ1) is 20.8. The van der Waals surface area contributed by atoms with Gasteiger partial charge in [0.25, 0.3) is 11.5 Å². The van der Waals surface area contributed by atoms with E-state index in [9.17, 15) is 14.4 Å². The summed E-state index contributed by atoms with van der Waals surface area (Å²) in [5.74, 6) is -0.135. The largest absolute Gasteiger partial charge is 0.493 e. The molecule has 0 fully saturated rings. The van der Waals surface area contributed by atoms with Crippen LogP contribution in [0.25, 0.3) is 10.8 Å². The molecule has 0 radical (unpaired) electrons. The quantitative estimate of drug-likeness (QED) is 0.664. The molecule has 1 aromatic heterocycles. The number of methoxy groups -OCH3 is 2. The minimum atomic E-state index is -0.514. The first-order chi connectivity index (χ1) is 14.3. The summed E-state index contributed by atoms with van der Waals surface area (Å²) in [6, 6.07) is 10.0. The minimum Gasteiger partial charge on any atom is -0.493 e. The highest BCUT2D eigenvalue weighted by Gasteiger charge is 2.20. The zero-order chi connectivity index (χ0) is 21.8. The maximum Gasteiger partial charge on any atom is 0.275 e. The number of carbonyl (C=O) groups excluding carboxylic acids is 2. The Morgan fingerprint density at radius 1 is 1.10 bits per heavy atom. The zero-order valence-electron chi connectivity index (χ0n) is 17.1. The Bertz CT molecular complexity index is 1170. The normalized spacial score (nSPS) is 10.5. The van der Waals surface area contributed by atoms with Crippen molar-refractivity contribution in [3.05, 3.63) is 58.5 Å². The Labute approximate surface area is 172 Å². The van der Waals surface area contributed by atoms with E-state index in [1.807, 2.05) is 0 Å². The van der Waals surface area contributed by atoms with Gasteiger partial charge in [0.2, 0.25) is 5.91 Å². The zero-order valence-corrected chi connectivity index (χ0v) is 17.1. The molecule has 2 aromatic carbocycles. The number of ether oxygens (including phenoxy) is 2. The van der Waals surface area contributed by atoms with Crippen molar-refractivity contribution in [2.45, 2.75) is 6.54 Å². The average Bonchev–Trinajstić information content (AvgIpc) is 2.75. The molecule has 0 aliphatic carbocycles. The molecule has 3 aromatic rings. The molecule has 2 amide bonds. The van der Waals surface area contributed by atoms with Gasteiger partial charge in [-0.2, -0.15) is 5.10 Å². The van der Waals surface area contributed by atoms with Crippen LogP contribution in [0.1, 0.15) is 10.4 Å². The molecule has 3 rings (SSSR count). The second kappa shape index (κ2) is 8.64. The number of fused-ring (bicyclic) bond motifs is 1. The van der Waals surface area contributed by atoms with Crippen molar-refractivity contribution in [1.82, 2.24) is 14.7 Å². The van der Waals surface area contributed by atoms with Gasteiger partial charge < -0.3 is 19.7 Å². The Kier molecular flexibility index (Phi) is 6.01. The van der Waals surface area contributed by atoms with Gasteiger partial charge in [-0.3, -0.25) is 14.4 Å². The predicted molar refractivity (Wildman–Crippen MR) is 112 cm³/mol. The monoisotopic (exact) mass is 410 g/mol. The molecule has 30 heavy (non-hydrogen) atoms. The van der Waals surface area contributed by atoms with E-state index in [2.05, 4.69) is 10.4 Å². The molecule has 0 spiro atoms. The number of rotatable bonds is 6. The third-order valence-electron chi connectivity index (χ3n) is 4.49. The fraction of sp³-hybridized carbons (Fsp3) is 0.238. The van der Waals surface area contributed by atoms with Gasteiger partial charge in [-0.05, 0) is 12.1 Å². The predicted octanol–water partition coefficient (Wildman–Crippen LogP) is 1.75. The van der Waals surface area contributed by atoms with Crippen LogP contribution in [-0.2, 0) is 11.3 Å². The smallest absolute Gasteiger partial charge is 0.275 e. The summed E-state index contributed by atoms with van der Waals surface area (Å²) in [5.41, 5.74) is 0.0927. The SMILES string of the molecule is COc1cc(NC(=O)Cn2ncc3ccccc3c2=O)c(C(=O)N(C)C)cc1OC. The van der Waals surface area contributed by atoms with Crippen molar-refractivity contribution in [2.24, 2.45) is 0 Å². The van der Waals surface area contributed by atoms with E-state index in [4.69, 9.17) is 9.47 Å². The molecule has 0 saturated carbocycles. The summed E-state index contributed by atoms with van der Waals surface area (Å²) in [7, 11) is 6.11. The number of benzene rings is 2. The Morgan fingerprint density at radius 2 is 1.77 bits per heavy atom. The summed E-state index contributed by atoms with van der Waals surface area (Å²) in [5, 5.41) is 7.89. The number of hydrogen-bond donors (Lipinski definition) is 1. The van der Waals surface area contributed by atoms with Gasteiger partial charge in [-0.15, -0.1) is 0 Å². The van der Waals surface area contributed by atoms with E-state index in [0.717, 1.165) is 4.68 Å². The summed E-state index contributed by atoms with van der Waals surface area (Å²) in [6.07, 6.45) is 1.53. The molecular formula is C21H22N4O5. The molecule has 0 aliphatic rings. The fourth-order valence-corrected chi connectivity index (χ4v) is 2.97. The summed E-state index contributed by atoms with van der Waals surface area (Å²) < 4.78 is 11.6. The molecule has 0 aliphatic heterocycles. The number of anilines is 1. The molecular weight excluding hydrogens is 388 g/mol. The third kappa shape index (κ3) is 4.09. The van der Waals surface area contributed by atoms with Crippen LogP contribution in [0.2, 0.25) is 0 Å². The summed E-state index contributed by atoms with van der Waals surface area (Å²) in [6.45, 7) is -0.312. The van der Waals surface area contributed by atoms with E-state index >= 15 is 0 Å². The third-order valence-corrected chi connectivity index (χ3v) is 4.49. The number of nitrogens with zero attached hydrogens (tertiary/aromatic N) is 3. The second-order valence-electron chi connectivity index (χ2n) is 6.70. The number of carbonyl (C=O) groups is 2. The second-order valence-corrected chi connectivity index (χ2v) is 6.70. The average molecular weight is 410 g/mol. The van der Waals surface area contributed by atoms with Crippen LogP contribution in [0.3, 0.4) is 0 Å². The molecule has 0 saturated heterocycles. The van der Waals surface area contributed by atoms with Crippen molar-refractivity contribution in [1.29, 1.82) is 0 Å². The molecule has 0 unspecified atom stereocenters. The fourth-order valence-electron chi connectivity index (χ4n) is 2.97. The molecule has 0 bridgehead atoms. The topological polar surface area (TPSA) is 103 Å². The van der Waals surface area contributed by atoms with Crippen LogP contribution >= 0.6 is 0 Å². The Balaban J connectivity index is 1.93. The van der Waals surface area contributed by atoms with E-state index in [1.54, 1.807) is 38.4 Å². The molecule has 0 atom stereocenters. The lowest BCUT2D eigenvalue weighted by atomic mass is 10.1. The van der Waals surface area contributed by atoms with Crippen molar-refractivity contribution in [3.63, 3.8) is 0 Å². The number of aromatic nitrogens is 2. The van der Waals surface area contributed by atoms with E-state index in [1.165, 1.54) is 37.4 Å². The maximum atomic E-state index is 12.7. The molecule has 9 nitrogen and oxygen atoms in total. The van der Waals surface area contributed by atoms with Gasteiger partial charge in [0.1, 0.15) is 6.54 Å².